The molecule has 5 heteroatoms. The van der Waals surface area contributed by atoms with Gasteiger partial charge in [0.25, 0.3) is 0 Å². The summed E-state index contributed by atoms with van der Waals surface area (Å²) in [7, 11) is 3.26. The van der Waals surface area contributed by atoms with Crippen LogP contribution in [0.25, 0.3) is 0 Å². The van der Waals surface area contributed by atoms with Crippen molar-refractivity contribution in [3.8, 4) is 0 Å². The molecule has 0 saturated heterocycles. The zero-order chi connectivity index (χ0) is 15.7. The number of hydrogen-bond donors (Lipinski definition) is 1. The van der Waals surface area contributed by atoms with Crippen LogP contribution in [0, 0.1) is 0 Å². The molecule has 0 saturated carbocycles. The van der Waals surface area contributed by atoms with Gasteiger partial charge in [0.05, 0.1) is 25.2 Å². The van der Waals surface area contributed by atoms with Gasteiger partial charge in [-0.15, -0.1) is 0 Å². The van der Waals surface area contributed by atoms with E-state index in [0.29, 0.717) is 19.8 Å². The van der Waals surface area contributed by atoms with Gasteiger partial charge in [-0.1, -0.05) is 30.3 Å². The Bertz CT molecular complexity index is 411. The van der Waals surface area contributed by atoms with Crippen LogP contribution in [-0.2, 0) is 14.3 Å². The Morgan fingerprint density at radius 1 is 1.24 bits per heavy atom. The van der Waals surface area contributed by atoms with E-state index in [2.05, 4.69) is 0 Å². The van der Waals surface area contributed by atoms with Gasteiger partial charge in [-0.05, 0) is 12.5 Å². The van der Waals surface area contributed by atoms with E-state index in [4.69, 9.17) is 15.2 Å². The number of benzene rings is 1. The van der Waals surface area contributed by atoms with Gasteiger partial charge in [0.15, 0.2) is 0 Å². The van der Waals surface area contributed by atoms with Gasteiger partial charge >= 0.3 is 0 Å². The normalized spacial score (nSPS) is 13.7. The van der Waals surface area contributed by atoms with Crippen LogP contribution in [0.3, 0.4) is 0 Å². The third-order valence-electron chi connectivity index (χ3n) is 3.50. The molecule has 0 aliphatic carbocycles. The monoisotopic (exact) mass is 294 g/mol. The van der Waals surface area contributed by atoms with Crippen molar-refractivity contribution in [2.45, 2.75) is 18.9 Å². The lowest BCUT2D eigenvalue weighted by atomic mass is 9.97. The lowest BCUT2D eigenvalue weighted by Gasteiger charge is -2.32. The van der Waals surface area contributed by atoms with Gasteiger partial charge in [-0.25, -0.2) is 0 Å². The van der Waals surface area contributed by atoms with Gasteiger partial charge in [0, 0.05) is 27.3 Å². The van der Waals surface area contributed by atoms with Crippen molar-refractivity contribution >= 4 is 5.91 Å². The van der Waals surface area contributed by atoms with Crippen molar-refractivity contribution in [2.75, 3.05) is 40.5 Å². The summed E-state index contributed by atoms with van der Waals surface area (Å²) < 4.78 is 10.3. The number of amides is 1. The topological polar surface area (TPSA) is 64.8 Å². The van der Waals surface area contributed by atoms with Crippen LogP contribution >= 0.6 is 0 Å². The van der Waals surface area contributed by atoms with E-state index in [1.54, 1.807) is 19.1 Å². The second-order valence-corrected chi connectivity index (χ2v) is 5.03. The number of methoxy groups -OCH3 is 2. The fourth-order valence-electron chi connectivity index (χ4n) is 2.33. The highest BCUT2D eigenvalue weighted by molar-refractivity contribution is 5.84. The highest BCUT2D eigenvalue weighted by atomic mass is 16.5. The van der Waals surface area contributed by atoms with Gasteiger partial charge in [-0.2, -0.15) is 0 Å². The molecule has 21 heavy (non-hydrogen) atoms. The van der Waals surface area contributed by atoms with Crippen molar-refractivity contribution in [3.05, 3.63) is 35.9 Å². The Morgan fingerprint density at radius 2 is 1.90 bits per heavy atom. The molecular weight excluding hydrogens is 268 g/mol. The van der Waals surface area contributed by atoms with Gasteiger partial charge in [0.1, 0.15) is 0 Å². The number of rotatable bonds is 9. The van der Waals surface area contributed by atoms with Crippen LogP contribution < -0.4 is 5.73 Å². The van der Waals surface area contributed by atoms with Gasteiger partial charge in [0.2, 0.25) is 5.91 Å². The number of carbonyl (C=O) groups is 1. The molecule has 0 aliphatic rings. The van der Waals surface area contributed by atoms with Crippen molar-refractivity contribution in [2.24, 2.45) is 5.73 Å². The third kappa shape index (κ3) is 5.12. The number of carbonyl (C=O) groups excluding carboxylic acids is 1. The Labute approximate surface area is 127 Å². The summed E-state index contributed by atoms with van der Waals surface area (Å²) in [6.45, 7) is 3.76. The highest BCUT2D eigenvalue weighted by Gasteiger charge is 2.27. The summed E-state index contributed by atoms with van der Waals surface area (Å²) >= 11 is 0. The maximum Gasteiger partial charge on any atom is 0.231 e. The molecule has 118 valence electrons. The average molecular weight is 294 g/mol. The van der Waals surface area contributed by atoms with Crippen LogP contribution in [0.2, 0.25) is 0 Å². The van der Waals surface area contributed by atoms with E-state index in [1.165, 1.54) is 0 Å². The third-order valence-corrected chi connectivity index (χ3v) is 3.50. The van der Waals surface area contributed by atoms with Crippen LogP contribution in [0.15, 0.2) is 30.3 Å². The van der Waals surface area contributed by atoms with Crippen LogP contribution in [0.1, 0.15) is 18.4 Å². The Kier molecular flexibility index (Phi) is 7.97. The number of nitrogens with two attached hydrogens (primary N) is 1. The minimum absolute atomic E-state index is 0.0181. The summed E-state index contributed by atoms with van der Waals surface area (Å²) in [5.74, 6) is -0.312. The largest absolute Gasteiger partial charge is 0.383 e. The van der Waals surface area contributed by atoms with E-state index in [1.807, 2.05) is 37.3 Å². The Hall–Kier alpha value is -1.43. The summed E-state index contributed by atoms with van der Waals surface area (Å²) in [4.78, 5) is 14.6. The number of nitrogens with zero attached hydrogens (tertiary/aromatic N) is 1. The standard InChI is InChI=1S/C16H26N2O3/c1-13(12-21-3)18(9-10-20-2)16(19)15(11-17)14-7-5-4-6-8-14/h4-8,13,15H,9-12,17H2,1-3H3. The maximum atomic E-state index is 12.8. The molecule has 0 fully saturated rings. The van der Waals surface area contributed by atoms with Crippen LogP contribution in [0.4, 0.5) is 0 Å². The number of ether oxygens (including phenoxy) is 2. The summed E-state index contributed by atoms with van der Waals surface area (Å²) in [5, 5.41) is 0. The molecule has 0 spiro atoms. The molecule has 0 heterocycles. The summed E-state index contributed by atoms with van der Waals surface area (Å²) in [5.41, 5.74) is 6.78. The molecule has 1 aromatic rings. The predicted octanol–water partition coefficient (Wildman–Crippen LogP) is 1.24. The van der Waals surface area contributed by atoms with E-state index >= 15 is 0 Å². The molecule has 2 unspecified atom stereocenters. The molecule has 1 rings (SSSR count). The minimum Gasteiger partial charge on any atom is -0.383 e. The predicted molar refractivity (Wildman–Crippen MR) is 83.2 cm³/mol. The summed E-state index contributed by atoms with van der Waals surface area (Å²) in [6, 6.07) is 9.62. The first kappa shape index (κ1) is 17.6. The average Bonchev–Trinajstić information content (AvgIpc) is 2.50. The van der Waals surface area contributed by atoms with Crippen molar-refractivity contribution in [1.29, 1.82) is 0 Å². The molecule has 0 aromatic heterocycles. The van der Waals surface area contributed by atoms with E-state index < -0.39 is 0 Å². The first-order valence-electron chi connectivity index (χ1n) is 7.19. The molecule has 0 radical (unpaired) electrons. The molecule has 5 nitrogen and oxygen atoms in total. The number of hydrogen-bond acceptors (Lipinski definition) is 4. The SMILES string of the molecule is COCCN(C(=O)C(CN)c1ccccc1)C(C)COC. The lowest BCUT2D eigenvalue weighted by molar-refractivity contribution is -0.136. The summed E-state index contributed by atoms with van der Waals surface area (Å²) in [6.07, 6.45) is 0. The Morgan fingerprint density at radius 3 is 2.43 bits per heavy atom. The molecule has 2 N–H and O–H groups in total. The fourth-order valence-corrected chi connectivity index (χ4v) is 2.33. The van der Waals surface area contributed by atoms with Crippen molar-refractivity contribution in [1.82, 2.24) is 4.90 Å². The van der Waals surface area contributed by atoms with E-state index in [9.17, 15) is 4.79 Å². The Balaban J connectivity index is 2.90. The van der Waals surface area contributed by atoms with Crippen LogP contribution in [0.5, 0.6) is 0 Å². The van der Waals surface area contributed by atoms with Crippen LogP contribution in [-0.4, -0.2) is 57.4 Å². The quantitative estimate of drug-likeness (QED) is 0.744. The smallest absolute Gasteiger partial charge is 0.231 e. The molecule has 1 aromatic carbocycles. The van der Waals surface area contributed by atoms with E-state index in [0.717, 1.165) is 5.56 Å². The molecule has 0 aliphatic heterocycles. The zero-order valence-corrected chi connectivity index (χ0v) is 13.1. The lowest BCUT2D eigenvalue weighted by Crippen LogP contribution is -2.46. The zero-order valence-electron chi connectivity index (χ0n) is 13.1. The fraction of sp³-hybridized carbons (Fsp3) is 0.562. The van der Waals surface area contributed by atoms with Crippen molar-refractivity contribution < 1.29 is 14.3 Å². The second kappa shape index (κ2) is 9.50. The van der Waals surface area contributed by atoms with Crippen molar-refractivity contribution in [3.63, 3.8) is 0 Å². The highest BCUT2D eigenvalue weighted by Crippen LogP contribution is 2.19. The maximum absolute atomic E-state index is 12.8. The van der Waals surface area contributed by atoms with Gasteiger partial charge in [-0.3, -0.25) is 4.79 Å². The molecule has 1 amide bonds. The molecule has 2 atom stereocenters. The molecule has 0 bridgehead atoms. The van der Waals surface area contributed by atoms with E-state index in [-0.39, 0.29) is 24.4 Å². The minimum atomic E-state index is -0.331. The first-order chi connectivity index (χ1) is 10.2. The first-order valence-corrected chi connectivity index (χ1v) is 7.19. The second-order valence-electron chi connectivity index (χ2n) is 5.03. The van der Waals surface area contributed by atoms with Gasteiger partial charge < -0.3 is 20.1 Å². The molecular formula is C16H26N2O3.